The quantitative estimate of drug-likeness (QED) is 0.142. The molecule has 0 amide bonds. The van der Waals surface area contributed by atoms with Crippen molar-refractivity contribution >= 4 is 11.6 Å². The third kappa shape index (κ3) is 9.39. The Hall–Kier alpha value is -2.22. The van der Waals surface area contributed by atoms with Gasteiger partial charge in [-0.2, -0.15) is 0 Å². The third-order valence-corrected chi connectivity index (χ3v) is 7.73. The Bertz CT molecular complexity index is 959. The van der Waals surface area contributed by atoms with Crippen molar-refractivity contribution < 1.29 is 9.59 Å². The maximum Gasteiger partial charge on any atom is 0.159 e. The van der Waals surface area contributed by atoms with Crippen molar-refractivity contribution in [2.24, 2.45) is 0 Å². The summed E-state index contributed by atoms with van der Waals surface area (Å²) in [4.78, 5) is 24.4. The Balaban J connectivity index is 1.93. The van der Waals surface area contributed by atoms with Crippen LogP contribution in [0.25, 0.3) is 0 Å². The average molecular weight is 477 g/mol. The standard InChI is InChI=1S/C33H48O2/c1-7-8-9-10-11-12-13-14-15-33(35)32-21-20-31(23-26(32)4)30-18-16-29(17-19-30)25(3)22-24(2)27(5)28(6)34/h16,18,22-23H,7-15,17,19-21H2,1-6H3. The van der Waals surface area contributed by atoms with Crippen molar-refractivity contribution in [1.29, 1.82) is 0 Å². The van der Waals surface area contributed by atoms with Crippen LogP contribution in [0.3, 0.4) is 0 Å². The van der Waals surface area contributed by atoms with Crippen molar-refractivity contribution in [3.05, 3.63) is 68.9 Å². The van der Waals surface area contributed by atoms with Crippen molar-refractivity contribution in [1.82, 2.24) is 0 Å². The highest BCUT2D eigenvalue weighted by molar-refractivity contribution is 5.96. The highest BCUT2D eigenvalue weighted by Gasteiger charge is 2.20. The van der Waals surface area contributed by atoms with Gasteiger partial charge in [0.25, 0.3) is 0 Å². The number of rotatable bonds is 14. The molecule has 192 valence electrons. The Morgan fingerprint density at radius 2 is 1.43 bits per heavy atom. The highest BCUT2D eigenvalue weighted by atomic mass is 16.1. The van der Waals surface area contributed by atoms with Crippen LogP contribution in [0.2, 0.25) is 0 Å². The van der Waals surface area contributed by atoms with Crippen LogP contribution in [-0.4, -0.2) is 11.6 Å². The maximum absolute atomic E-state index is 12.8. The van der Waals surface area contributed by atoms with Gasteiger partial charge in [-0.25, -0.2) is 0 Å². The molecule has 0 aromatic heterocycles. The number of Topliss-reactive ketones (excluding diaryl/α,β-unsaturated/α-hetero) is 2. The second-order valence-electron chi connectivity index (χ2n) is 10.6. The molecule has 0 radical (unpaired) electrons. The topological polar surface area (TPSA) is 34.1 Å². The van der Waals surface area contributed by atoms with E-state index in [1.807, 2.05) is 13.8 Å². The normalized spacial score (nSPS) is 17.5. The molecule has 35 heavy (non-hydrogen) atoms. The minimum atomic E-state index is 0.134. The molecular weight excluding hydrogens is 428 g/mol. The Morgan fingerprint density at radius 3 is 2.00 bits per heavy atom. The smallest absolute Gasteiger partial charge is 0.159 e. The molecule has 0 spiro atoms. The molecule has 2 nitrogen and oxygen atoms in total. The molecule has 0 aliphatic heterocycles. The van der Waals surface area contributed by atoms with Gasteiger partial charge in [-0.1, -0.05) is 76.2 Å². The molecule has 2 aliphatic carbocycles. The molecule has 0 unspecified atom stereocenters. The SMILES string of the molecule is CCCCCCCCCCC(=O)C1=C(C)C=C(C2=CC=C(C(C)=CC(C)=C(C)C(C)=O)CC2)CC1. The van der Waals surface area contributed by atoms with Crippen LogP contribution in [0.1, 0.15) is 125 Å². The van der Waals surface area contributed by atoms with Gasteiger partial charge in [-0.15, -0.1) is 0 Å². The van der Waals surface area contributed by atoms with E-state index in [2.05, 4.69) is 45.1 Å². The summed E-state index contributed by atoms with van der Waals surface area (Å²) in [5.74, 6) is 0.503. The summed E-state index contributed by atoms with van der Waals surface area (Å²) in [6, 6.07) is 0. The largest absolute Gasteiger partial charge is 0.295 e. The minimum Gasteiger partial charge on any atom is -0.295 e. The van der Waals surface area contributed by atoms with Gasteiger partial charge in [0, 0.05) is 6.42 Å². The van der Waals surface area contributed by atoms with E-state index in [1.54, 1.807) is 6.92 Å². The van der Waals surface area contributed by atoms with E-state index >= 15 is 0 Å². The molecule has 0 heterocycles. The van der Waals surface area contributed by atoms with Crippen molar-refractivity contribution in [2.75, 3.05) is 0 Å². The highest BCUT2D eigenvalue weighted by Crippen LogP contribution is 2.35. The van der Waals surface area contributed by atoms with Crippen LogP contribution in [0.5, 0.6) is 0 Å². The average Bonchev–Trinajstić information content (AvgIpc) is 2.84. The summed E-state index contributed by atoms with van der Waals surface area (Å²) >= 11 is 0. The zero-order valence-corrected chi connectivity index (χ0v) is 23.3. The molecule has 0 bridgehead atoms. The van der Waals surface area contributed by atoms with Crippen LogP contribution in [0.4, 0.5) is 0 Å². The van der Waals surface area contributed by atoms with Gasteiger partial charge in [-0.3, -0.25) is 9.59 Å². The predicted molar refractivity (Wildman–Crippen MR) is 150 cm³/mol. The Morgan fingerprint density at radius 1 is 0.800 bits per heavy atom. The van der Waals surface area contributed by atoms with E-state index < -0.39 is 0 Å². The van der Waals surface area contributed by atoms with Crippen molar-refractivity contribution in [2.45, 2.75) is 125 Å². The number of unbranched alkanes of at least 4 members (excludes halogenated alkanes) is 7. The van der Waals surface area contributed by atoms with E-state index in [9.17, 15) is 9.59 Å². The Labute approximate surface area is 215 Å². The molecule has 2 aliphatic rings. The van der Waals surface area contributed by atoms with Crippen LogP contribution in [0.15, 0.2) is 68.9 Å². The monoisotopic (exact) mass is 476 g/mol. The van der Waals surface area contributed by atoms with Gasteiger partial charge in [0.05, 0.1) is 0 Å². The molecule has 0 saturated heterocycles. The number of carbonyl (C=O) groups is 2. The lowest BCUT2D eigenvalue weighted by atomic mass is 9.82. The van der Waals surface area contributed by atoms with Gasteiger partial charge in [0.15, 0.2) is 11.6 Å². The summed E-state index contributed by atoms with van der Waals surface area (Å²) in [6.45, 7) is 12.0. The molecule has 0 atom stereocenters. The minimum absolute atomic E-state index is 0.134. The summed E-state index contributed by atoms with van der Waals surface area (Å²) in [5.41, 5.74) is 9.49. The zero-order valence-electron chi connectivity index (χ0n) is 23.3. The van der Waals surface area contributed by atoms with Crippen molar-refractivity contribution in [3.8, 4) is 0 Å². The molecule has 2 rings (SSSR count). The van der Waals surface area contributed by atoms with Gasteiger partial charge in [0.1, 0.15) is 0 Å². The molecule has 0 aromatic carbocycles. The summed E-state index contributed by atoms with van der Waals surface area (Å²) in [6.07, 6.45) is 23.7. The molecule has 0 fully saturated rings. The number of hydrogen-bond donors (Lipinski definition) is 0. The lowest BCUT2D eigenvalue weighted by Gasteiger charge is -2.22. The molecule has 0 N–H and O–H groups in total. The second-order valence-corrected chi connectivity index (χ2v) is 10.6. The van der Waals surface area contributed by atoms with Gasteiger partial charge >= 0.3 is 0 Å². The van der Waals surface area contributed by atoms with E-state index in [-0.39, 0.29) is 5.78 Å². The zero-order chi connectivity index (χ0) is 25.8. The fourth-order valence-electron chi connectivity index (χ4n) is 5.10. The number of allylic oxidation sites excluding steroid dienone is 12. The first-order chi connectivity index (χ1) is 16.7. The fourth-order valence-corrected chi connectivity index (χ4v) is 5.10. The van der Waals surface area contributed by atoms with Crippen LogP contribution in [-0.2, 0) is 9.59 Å². The Kier molecular flexibility index (Phi) is 12.4. The first-order valence-electron chi connectivity index (χ1n) is 13.9. The first kappa shape index (κ1) is 29.0. The van der Waals surface area contributed by atoms with E-state index in [1.165, 1.54) is 72.8 Å². The summed E-state index contributed by atoms with van der Waals surface area (Å²) < 4.78 is 0. The van der Waals surface area contributed by atoms with Crippen LogP contribution >= 0.6 is 0 Å². The lowest BCUT2D eigenvalue weighted by molar-refractivity contribution is -0.116. The number of hydrogen-bond acceptors (Lipinski definition) is 2. The van der Waals surface area contributed by atoms with Gasteiger partial charge < -0.3 is 0 Å². The number of carbonyl (C=O) groups excluding carboxylic acids is 2. The molecule has 0 aromatic rings. The lowest BCUT2D eigenvalue weighted by Crippen LogP contribution is -2.10. The first-order valence-corrected chi connectivity index (χ1v) is 13.9. The van der Waals surface area contributed by atoms with E-state index in [0.29, 0.717) is 12.2 Å². The summed E-state index contributed by atoms with van der Waals surface area (Å²) in [5, 5.41) is 0. The number of ketones is 2. The summed E-state index contributed by atoms with van der Waals surface area (Å²) in [7, 11) is 0. The molecular formula is C33H48O2. The van der Waals surface area contributed by atoms with Gasteiger partial charge in [-0.05, 0) is 111 Å². The van der Waals surface area contributed by atoms with Crippen LogP contribution in [0, 0.1) is 0 Å². The predicted octanol–water partition coefficient (Wildman–Crippen LogP) is 9.64. The van der Waals surface area contributed by atoms with E-state index in [4.69, 9.17) is 0 Å². The fraction of sp³-hybridized carbons (Fsp3) is 0.576. The molecule has 0 saturated carbocycles. The van der Waals surface area contributed by atoms with Crippen molar-refractivity contribution in [3.63, 3.8) is 0 Å². The molecule has 2 heteroatoms. The van der Waals surface area contributed by atoms with Crippen LogP contribution < -0.4 is 0 Å². The third-order valence-electron chi connectivity index (χ3n) is 7.73. The second kappa shape index (κ2) is 15.0. The van der Waals surface area contributed by atoms with E-state index in [0.717, 1.165) is 48.8 Å². The maximum atomic E-state index is 12.8. The van der Waals surface area contributed by atoms with Gasteiger partial charge in [0.2, 0.25) is 0 Å².